The fourth-order valence-electron chi connectivity index (χ4n) is 2.30. The largest absolute Gasteiger partial charge is 0.467 e. The number of carbonyl (C=O) groups excluding carboxylic acids is 1. The number of ether oxygens (including phenoxy) is 1. The summed E-state index contributed by atoms with van der Waals surface area (Å²) in [6, 6.07) is 9.81. The minimum atomic E-state index is -0.611. The summed E-state index contributed by atoms with van der Waals surface area (Å²) >= 11 is 23.7. The van der Waals surface area contributed by atoms with Crippen molar-refractivity contribution in [2.75, 3.05) is 13.7 Å². The summed E-state index contributed by atoms with van der Waals surface area (Å²) in [4.78, 5) is 20.6. The van der Waals surface area contributed by atoms with Gasteiger partial charge in [0.1, 0.15) is 6.04 Å². The van der Waals surface area contributed by atoms with Crippen molar-refractivity contribution >= 4 is 64.8 Å². The number of esters is 1. The van der Waals surface area contributed by atoms with Crippen molar-refractivity contribution in [2.24, 2.45) is 9.98 Å². The van der Waals surface area contributed by atoms with Crippen molar-refractivity contribution in [1.82, 2.24) is 0 Å². The molecule has 0 heterocycles. The molecule has 0 aromatic heterocycles. The molecule has 0 saturated heterocycles. The molecule has 0 unspecified atom stereocenters. The van der Waals surface area contributed by atoms with E-state index in [1.54, 1.807) is 42.8 Å². The van der Waals surface area contributed by atoms with E-state index in [1.165, 1.54) is 7.11 Å². The highest BCUT2D eigenvalue weighted by atomic mass is 35.5. The minimum absolute atomic E-state index is 0.398. The number of aliphatic imine (C=N–C) groups is 2. The number of hydrogen-bond acceptors (Lipinski definition) is 4. The Balaban J connectivity index is 1.92. The first-order valence-corrected chi connectivity index (χ1v) is 9.93. The second kappa shape index (κ2) is 11.4. The predicted octanol–water partition coefficient (Wildman–Crippen LogP) is 6.16. The van der Waals surface area contributed by atoms with Crippen LogP contribution in [-0.4, -0.2) is 38.1 Å². The van der Waals surface area contributed by atoms with E-state index in [0.717, 1.165) is 11.1 Å². The van der Waals surface area contributed by atoms with Gasteiger partial charge in [-0.05, 0) is 48.2 Å². The molecule has 0 N–H and O–H groups in total. The Morgan fingerprint density at radius 3 is 2.07 bits per heavy atom. The molecule has 0 aliphatic rings. The van der Waals surface area contributed by atoms with Gasteiger partial charge in [0.2, 0.25) is 0 Å². The monoisotopic (exact) mass is 458 g/mol. The van der Waals surface area contributed by atoms with Crippen molar-refractivity contribution in [3.8, 4) is 0 Å². The summed E-state index contributed by atoms with van der Waals surface area (Å²) < 4.78 is 4.83. The number of halogens is 4. The van der Waals surface area contributed by atoms with Crippen LogP contribution in [0.4, 0.5) is 0 Å². The molecule has 28 heavy (non-hydrogen) atoms. The van der Waals surface area contributed by atoms with Gasteiger partial charge in [0.25, 0.3) is 0 Å². The smallest absolute Gasteiger partial charge is 0.330 e. The van der Waals surface area contributed by atoms with Crippen LogP contribution in [0, 0.1) is 0 Å². The predicted molar refractivity (Wildman–Crippen MR) is 118 cm³/mol. The summed E-state index contributed by atoms with van der Waals surface area (Å²) in [6.07, 6.45) is 4.47. The van der Waals surface area contributed by atoms with Crippen LogP contribution in [0.1, 0.15) is 24.0 Å². The maximum absolute atomic E-state index is 12.0. The molecule has 8 heteroatoms. The number of rotatable bonds is 8. The average molecular weight is 460 g/mol. The van der Waals surface area contributed by atoms with Crippen LogP contribution >= 0.6 is 46.4 Å². The first-order valence-electron chi connectivity index (χ1n) is 8.41. The topological polar surface area (TPSA) is 51.0 Å². The van der Waals surface area contributed by atoms with Crippen LogP contribution in [0.15, 0.2) is 46.4 Å². The van der Waals surface area contributed by atoms with E-state index in [4.69, 9.17) is 51.1 Å². The molecule has 0 bridgehead atoms. The van der Waals surface area contributed by atoms with E-state index < -0.39 is 12.0 Å². The van der Waals surface area contributed by atoms with Gasteiger partial charge >= 0.3 is 5.97 Å². The van der Waals surface area contributed by atoms with Gasteiger partial charge in [0.05, 0.1) is 27.2 Å². The van der Waals surface area contributed by atoms with Gasteiger partial charge in [-0.15, -0.1) is 0 Å². The highest BCUT2D eigenvalue weighted by Gasteiger charge is 2.16. The lowest BCUT2D eigenvalue weighted by Crippen LogP contribution is -2.20. The normalized spacial score (nSPS) is 12.6. The Labute approximate surface area is 184 Å². The molecule has 0 saturated carbocycles. The second-order valence-electron chi connectivity index (χ2n) is 5.84. The molecule has 0 aliphatic carbocycles. The van der Waals surface area contributed by atoms with Crippen molar-refractivity contribution < 1.29 is 9.53 Å². The third kappa shape index (κ3) is 7.10. The lowest BCUT2D eigenvalue weighted by Gasteiger charge is -2.09. The van der Waals surface area contributed by atoms with E-state index in [2.05, 4.69) is 9.98 Å². The molecule has 0 fully saturated rings. The Morgan fingerprint density at radius 2 is 1.54 bits per heavy atom. The lowest BCUT2D eigenvalue weighted by atomic mass is 10.1. The maximum atomic E-state index is 12.0. The lowest BCUT2D eigenvalue weighted by molar-refractivity contribution is -0.142. The molecule has 0 radical (unpaired) electrons. The van der Waals surface area contributed by atoms with Crippen LogP contribution in [0.5, 0.6) is 0 Å². The molecular weight excluding hydrogens is 442 g/mol. The van der Waals surface area contributed by atoms with Gasteiger partial charge in [-0.25, -0.2) is 4.79 Å². The molecule has 2 aromatic rings. The number of carbonyl (C=O) groups is 1. The van der Waals surface area contributed by atoms with E-state index in [-0.39, 0.29) is 0 Å². The Kier molecular flexibility index (Phi) is 9.26. The number of benzene rings is 2. The molecule has 0 spiro atoms. The second-order valence-corrected chi connectivity index (χ2v) is 7.47. The Hall–Kier alpha value is -1.59. The first-order chi connectivity index (χ1) is 13.4. The van der Waals surface area contributed by atoms with Crippen molar-refractivity contribution in [3.05, 3.63) is 67.6 Å². The highest BCUT2D eigenvalue weighted by Crippen LogP contribution is 2.22. The summed E-state index contributed by atoms with van der Waals surface area (Å²) in [5.41, 5.74) is 1.61. The van der Waals surface area contributed by atoms with E-state index in [1.807, 2.05) is 6.07 Å². The molecule has 4 nitrogen and oxygen atoms in total. The third-order valence-corrected chi connectivity index (χ3v) is 5.25. The zero-order valence-electron chi connectivity index (χ0n) is 15.0. The molecule has 148 valence electrons. The standard InChI is InChI=1S/C20H18Cl4N2O2/c1-28-20(27)19(26-12-14-5-7-16(22)18(24)10-14)3-2-8-25-11-13-4-6-15(21)17(23)9-13/h4-7,9-12,19H,2-3,8H2,1H3/t19-/m0/s1. The van der Waals surface area contributed by atoms with Crippen molar-refractivity contribution in [3.63, 3.8) is 0 Å². The van der Waals surface area contributed by atoms with Crippen LogP contribution in [-0.2, 0) is 9.53 Å². The SMILES string of the molecule is COC(=O)[C@H](CCCN=Cc1ccc(Cl)c(Cl)c1)N=Cc1ccc(Cl)c(Cl)c1. The first kappa shape index (κ1) is 22.7. The maximum Gasteiger partial charge on any atom is 0.330 e. The van der Waals surface area contributed by atoms with E-state index >= 15 is 0 Å². The van der Waals surface area contributed by atoms with Crippen LogP contribution in [0.25, 0.3) is 0 Å². The zero-order valence-corrected chi connectivity index (χ0v) is 18.1. The molecule has 0 amide bonds. The van der Waals surface area contributed by atoms with E-state index in [9.17, 15) is 4.79 Å². The number of methoxy groups -OCH3 is 1. The van der Waals surface area contributed by atoms with Gasteiger partial charge < -0.3 is 4.74 Å². The quantitative estimate of drug-likeness (QED) is 0.269. The Bertz CT molecular complexity index is 885. The van der Waals surface area contributed by atoms with Gasteiger partial charge in [-0.1, -0.05) is 58.5 Å². The van der Waals surface area contributed by atoms with Crippen LogP contribution in [0.3, 0.4) is 0 Å². The minimum Gasteiger partial charge on any atom is -0.467 e. The molecule has 0 aliphatic heterocycles. The summed E-state index contributed by atoms with van der Waals surface area (Å²) in [6.45, 7) is 0.538. The fourth-order valence-corrected chi connectivity index (χ4v) is 2.91. The number of nitrogens with zero attached hydrogens (tertiary/aromatic N) is 2. The Morgan fingerprint density at radius 1 is 0.964 bits per heavy atom. The molecule has 2 aromatic carbocycles. The van der Waals surface area contributed by atoms with Gasteiger partial charge in [0, 0.05) is 19.0 Å². The summed E-state index contributed by atoms with van der Waals surface area (Å²) in [7, 11) is 1.34. The highest BCUT2D eigenvalue weighted by molar-refractivity contribution is 6.42. The third-order valence-electron chi connectivity index (χ3n) is 3.77. The molecule has 2 rings (SSSR count). The summed E-state index contributed by atoms with van der Waals surface area (Å²) in [5, 5.41) is 1.87. The van der Waals surface area contributed by atoms with Gasteiger partial charge in [-0.2, -0.15) is 0 Å². The average Bonchev–Trinajstić information content (AvgIpc) is 2.68. The van der Waals surface area contributed by atoms with Crippen molar-refractivity contribution in [2.45, 2.75) is 18.9 Å². The fraction of sp³-hybridized carbons (Fsp3) is 0.250. The van der Waals surface area contributed by atoms with Crippen molar-refractivity contribution in [1.29, 1.82) is 0 Å². The zero-order chi connectivity index (χ0) is 20.5. The number of hydrogen-bond donors (Lipinski definition) is 0. The molecule has 1 atom stereocenters. The summed E-state index contributed by atoms with van der Waals surface area (Å²) in [5.74, 6) is -0.398. The van der Waals surface area contributed by atoms with Crippen LogP contribution in [0.2, 0.25) is 20.1 Å². The van der Waals surface area contributed by atoms with Crippen LogP contribution < -0.4 is 0 Å². The van der Waals surface area contributed by atoms with Gasteiger partial charge in [-0.3, -0.25) is 9.98 Å². The van der Waals surface area contributed by atoms with Gasteiger partial charge in [0.15, 0.2) is 0 Å². The van der Waals surface area contributed by atoms with E-state index in [0.29, 0.717) is 39.5 Å². The molecular formula is C20H18Cl4N2O2.